The number of nitrogens with one attached hydrogen (secondary N) is 3. The minimum atomic E-state index is -0.364. The van der Waals surface area contributed by atoms with Crippen LogP contribution < -0.4 is 21.9 Å². The molecule has 10 heteroatoms. The molecule has 3 N–H and O–H groups in total. The van der Waals surface area contributed by atoms with E-state index in [1.807, 2.05) is 20.8 Å². The molecule has 3 rings (SSSR count). The normalized spacial score (nSPS) is 11.1. The Balaban J connectivity index is 1.90. The first-order valence-corrected chi connectivity index (χ1v) is 10.7. The summed E-state index contributed by atoms with van der Waals surface area (Å²) in [5, 5.41) is 5.76. The maximum atomic E-state index is 12.8. The molecular weight excluding hydrogens is 398 g/mol. The maximum absolute atomic E-state index is 12.8. The number of hydrogen-bond donors (Lipinski definition) is 3. The number of hydrogen-bond acceptors (Lipinski definition) is 6. The second kappa shape index (κ2) is 10.1. The largest absolute Gasteiger partial charge is 0.361 e. The van der Waals surface area contributed by atoms with Gasteiger partial charge in [-0.25, -0.2) is 14.8 Å². The van der Waals surface area contributed by atoms with Gasteiger partial charge in [0.1, 0.15) is 17.2 Å². The molecule has 0 aliphatic heterocycles. The van der Waals surface area contributed by atoms with Crippen molar-refractivity contribution in [1.82, 2.24) is 29.4 Å². The lowest BCUT2D eigenvalue weighted by Gasteiger charge is -2.09. The number of aromatic nitrogens is 5. The third kappa shape index (κ3) is 4.84. The van der Waals surface area contributed by atoms with E-state index < -0.39 is 0 Å². The fraction of sp³-hybridized carbons (Fsp3) is 0.476. The quantitative estimate of drug-likeness (QED) is 0.452. The zero-order chi connectivity index (χ0) is 22.4. The van der Waals surface area contributed by atoms with E-state index in [4.69, 9.17) is 0 Å². The van der Waals surface area contributed by atoms with Crippen LogP contribution in [0.2, 0.25) is 0 Å². The van der Waals surface area contributed by atoms with Gasteiger partial charge in [0.05, 0.1) is 6.54 Å². The van der Waals surface area contributed by atoms with Gasteiger partial charge in [-0.2, -0.15) is 0 Å². The van der Waals surface area contributed by atoms with E-state index in [0.717, 1.165) is 12.8 Å². The molecule has 0 aromatic carbocycles. The number of pyridine rings is 1. The molecular formula is C21H29N7O3. The Labute approximate surface area is 179 Å². The first-order valence-electron chi connectivity index (χ1n) is 10.7. The van der Waals surface area contributed by atoms with E-state index in [1.165, 1.54) is 4.57 Å². The maximum Gasteiger partial charge on any atom is 0.332 e. The number of imidazole rings is 1. The average Bonchev–Trinajstić information content (AvgIpc) is 3.22. The van der Waals surface area contributed by atoms with E-state index in [0.29, 0.717) is 54.4 Å². The summed E-state index contributed by atoms with van der Waals surface area (Å²) in [5.74, 6) is 0.923. The predicted octanol–water partition coefficient (Wildman–Crippen LogP) is 1.71. The molecule has 3 aromatic rings. The van der Waals surface area contributed by atoms with Gasteiger partial charge in [-0.05, 0) is 31.4 Å². The molecule has 0 aliphatic rings. The number of carbonyl (C=O) groups excluding carboxylic acids is 1. The van der Waals surface area contributed by atoms with Crippen molar-refractivity contribution in [2.24, 2.45) is 0 Å². The van der Waals surface area contributed by atoms with Gasteiger partial charge in [-0.1, -0.05) is 20.8 Å². The molecule has 0 fully saturated rings. The monoisotopic (exact) mass is 427 g/mol. The molecule has 0 atom stereocenters. The van der Waals surface area contributed by atoms with E-state index in [2.05, 4.69) is 25.6 Å². The summed E-state index contributed by atoms with van der Waals surface area (Å²) in [7, 11) is 0. The highest BCUT2D eigenvalue weighted by Gasteiger charge is 2.17. The Morgan fingerprint density at radius 1 is 1.06 bits per heavy atom. The molecule has 0 saturated carbocycles. The molecule has 0 saturated heterocycles. The zero-order valence-corrected chi connectivity index (χ0v) is 18.2. The van der Waals surface area contributed by atoms with E-state index in [-0.39, 0.29) is 23.7 Å². The Bertz CT molecular complexity index is 1160. The number of anilines is 1. The van der Waals surface area contributed by atoms with Gasteiger partial charge in [-0.15, -0.1) is 0 Å². The minimum Gasteiger partial charge on any atom is -0.361 e. The number of rotatable bonds is 10. The van der Waals surface area contributed by atoms with Crippen LogP contribution in [0.3, 0.4) is 0 Å². The number of carbonyl (C=O) groups is 1. The summed E-state index contributed by atoms with van der Waals surface area (Å²) in [6.45, 7) is 7.50. The lowest BCUT2D eigenvalue weighted by molar-refractivity contribution is -0.119. The number of fused-ring (bicyclic) bond motifs is 1. The van der Waals surface area contributed by atoms with Crippen molar-refractivity contribution in [3.05, 3.63) is 39.2 Å². The predicted molar refractivity (Wildman–Crippen MR) is 120 cm³/mol. The van der Waals surface area contributed by atoms with Gasteiger partial charge < -0.3 is 15.6 Å². The van der Waals surface area contributed by atoms with Crippen molar-refractivity contribution in [3.63, 3.8) is 0 Å². The molecule has 0 radical (unpaired) electrons. The van der Waals surface area contributed by atoms with E-state index in [1.54, 1.807) is 22.9 Å². The SMILES string of the molecule is CCCNC(=O)CNc1ccc(-c2nc3c([nH]2)c(=O)n(CCC)c(=O)n3CCC)cn1. The number of H-pyrrole nitrogens is 1. The van der Waals surface area contributed by atoms with Crippen LogP contribution >= 0.6 is 0 Å². The van der Waals surface area contributed by atoms with Gasteiger partial charge in [0.2, 0.25) is 5.91 Å². The highest BCUT2D eigenvalue weighted by Crippen LogP contribution is 2.19. The third-order valence-corrected chi connectivity index (χ3v) is 4.79. The first kappa shape index (κ1) is 22.3. The van der Waals surface area contributed by atoms with Crippen LogP contribution in [0.4, 0.5) is 5.82 Å². The molecule has 3 aromatic heterocycles. The van der Waals surface area contributed by atoms with Crippen LogP contribution in [-0.2, 0) is 17.9 Å². The second-order valence-electron chi connectivity index (χ2n) is 7.31. The first-order chi connectivity index (χ1) is 15.0. The van der Waals surface area contributed by atoms with Crippen molar-refractivity contribution < 1.29 is 4.79 Å². The van der Waals surface area contributed by atoms with Crippen LogP contribution in [0, 0.1) is 0 Å². The molecule has 10 nitrogen and oxygen atoms in total. The van der Waals surface area contributed by atoms with Crippen molar-refractivity contribution >= 4 is 22.9 Å². The highest BCUT2D eigenvalue weighted by molar-refractivity contribution is 5.80. The molecule has 0 bridgehead atoms. The summed E-state index contributed by atoms with van der Waals surface area (Å²) in [4.78, 5) is 49.2. The van der Waals surface area contributed by atoms with Crippen LogP contribution in [0.1, 0.15) is 40.0 Å². The van der Waals surface area contributed by atoms with Crippen LogP contribution in [0.25, 0.3) is 22.6 Å². The Hall–Kier alpha value is -3.43. The van der Waals surface area contributed by atoms with Gasteiger partial charge in [0, 0.05) is 31.4 Å². The van der Waals surface area contributed by atoms with Gasteiger partial charge in [0.15, 0.2) is 5.65 Å². The van der Waals surface area contributed by atoms with Crippen molar-refractivity contribution in [2.75, 3.05) is 18.4 Å². The van der Waals surface area contributed by atoms with Crippen molar-refractivity contribution in [1.29, 1.82) is 0 Å². The fourth-order valence-corrected chi connectivity index (χ4v) is 3.29. The summed E-state index contributed by atoms with van der Waals surface area (Å²) in [6, 6.07) is 3.54. The molecule has 0 spiro atoms. The summed E-state index contributed by atoms with van der Waals surface area (Å²) < 4.78 is 2.81. The third-order valence-electron chi connectivity index (χ3n) is 4.79. The summed E-state index contributed by atoms with van der Waals surface area (Å²) in [6.07, 6.45) is 3.92. The van der Waals surface area contributed by atoms with Gasteiger partial charge in [0.25, 0.3) is 5.56 Å². The molecule has 31 heavy (non-hydrogen) atoms. The van der Waals surface area contributed by atoms with E-state index >= 15 is 0 Å². The molecule has 0 unspecified atom stereocenters. The average molecular weight is 428 g/mol. The summed E-state index contributed by atoms with van der Waals surface area (Å²) in [5.41, 5.74) is 0.644. The lowest BCUT2D eigenvalue weighted by atomic mass is 10.2. The minimum absolute atomic E-state index is 0.0951. The van der Waals surface area contributed by atoms with Crippen LogP contribution in [0.15, 0.2) is 27.9 Å². The number of aromatic amines is 1. The second-order valence-corrected chi connectivity index (χ2v) is 7.31. The van der Waals surface area contributed by atoms with Crippen molar-refractivity contribution in [2.45, 2.75) is 53.1 Å². The number of aryl methyl sites for hydroxylation is 1. The van der Waals surface area contributed by atoms with Crippen molar-refractivity contribution in [3.8, 4) is 11.4 Å². The molecule has 1 amide bonds. The van der Waals surface area contributed by atoms with Crippen LogP contribution in [-0.4, -0.2) is 43.1 Å². The Morgan fingerprint density at radius 2 is 1.81 bits per heavy atom. The van der Waals surface area contributed by atoms with E-state index in [9.17, 15) is 14.4 Å². The summed E-state index contributed by atoms with van der Waals surface area (Å²) >= 11 is 0. The topological polar surface area (TPSA) is 127 Å². The molecule has 0 aliphatic carbocycles. The smallest absolute Gasteiger partial charge is 0.332 e. The number of amides is 1. The number of nitrogens with zero attached hydrogens (tertiary/aromatic N) is 4. The molecule has 166 valence electrons. The highest BCUT2D eigenvalue weighted by atomic mass is 16.2. The van der Waals surface area contributed by atoms with Gasteiger partial charge >= 0.3 is 5.69 Å². The standard InChI is InChI=1S/C21H29N7O3/c1-4-9-22-16(29)13-24-15-8-7-14(12-23-15)18-25-17-19(26-18)27(10-5-2)21(31)28(11-6-3)20(17)30/h7-8,12H,4-6,9-11,13H2,1-3H3,(H,22,29)(H,23,24)(H,25,26). The Kier molecular flexibility index (Phi) is 7.22. The molecule has 3 heterocycles. The fourth-order valence-electron chi connectivity index (χ4n) is 3.29. The lowest BCUT2D eigenvalue weighted by Crippen LogP contribution is -2.40. The van der Waals surface area contributed by atoms with Gasteiger partial charge in [-0.3, -0.25) is 18.7 Å². The Morgan fingerprint density at radius 3 is 2.45 bits per heavy atom. The zero-order valence-electron chi connectivity index (χ0n) is 18.2. The van der Waals surface area contributed by atoms with Crippen LogP contribution in [0.5, 0.6) is 0 Å².